The number of nitrogens with one attached hydrogen (secondary N) is 1. The molecule has 0 aliphatic rings. The van der Waals surface area contributed by atoms with Gasteiger partial charge in [-0.1, -0.05) is 0 Å². The summed E-state index contributed by atoms with van der Waals surface area (Å²) in [5.74, 6) is -0.120. The van der Waals surface area contributed by atoms with Gasteiger partial charge in [-0.2, -0.15) is 5.10 Å². The van der Waals surface area contributed by atoms with Crippen molar-refractivity contribution in [2.45, 2.75) is 26.3 Å². The minimum atomic E-state index is -0.378. The second-order valence-corrected chi connectivity index (χ2v) is 3.95. The molecular formula is C10H14ClN3O2. The van der Waals surface area contributed by atoms with E-state index in [-0.39, 0.29) is 24.1 Å². The van der Waals surface area contributed by atoms with E-state index < -0.39 is 0 Å². The highest BCUT2D eigenvalue weighted by Gasteiger charge is 2.03. The molecule has 1 heterocycles. The van der Waals surface area contributed by atoms with Gasteiger partial charge in [-0.05, 0) is 30.5 Å². The van der Waals surface area contributed by atoms with Gasteiger partial charge in [0.15, 0.2) is 0 Å². The molecule has 5 nitrogen and oxygen atoms in total. The first-order chi connectivity index (χ1) is 7.58. The van der Waals surface area contributed by atoms with Crippen LogP contribution in [-0.4, -0.2) is 27.5 Å². The number of hydrogen-bond acceptors (Lipinski definition) is 3. The lowest BCUT2D eigenvalue weighted by atomic mass is 10.3. The van der Waals surface area contributed by atoms with Gasteiger partial charge in [0, 0.05) is 19.2 Å². The maximum atomic E-state index is 11.4. The smallest absolute Gasteiger partial charge is 0.241 e. The van der Waals surface area contributed by atoms with Crippen LogP contribution >= 0.6 is 11.6 Å². The summed E-state index contributed by atoms with van der Waals surface area (Å²) < 4.78 is 1.57. The lowest BCUT2D eigenvalue weighted by Crippen LogP contribution is -2.28. The summed E-state index contributed by atoms with van der Waals surface area (Å²) >= 11 is 5.16. The molecule has 16 heavy (non-hydrogen) atoms. The van der Waals surface area contributed by atoms with E-state index in [0.717, 1.165) is 5.56 Å². The molecule has 1 amide bonds. The van der Waals surface area contributed by atoms with Gasteiger partial charge in [0.1, 0.15) is 6.54 Å². The fourth-order valence-electron chi connectivity index (χ4n) is 1.21. The molecule has 6 heteroatoms. The van der Waals surface area contributed by atoms with E-state index in [9.17, 15) is 9.59 Å². The van der Waals surface area contributed by atoms with Crippen LogP contribution in [0.15, 0.2) is 12.4 Å². The van der Waals surface area contributed by atoms with E-state index in [1.165, 1.54) is 0 Å². The van der Waals surface area contributed by atoms with Gasteiger partial charge in [0.2, 0.25) is 11.1 Å². The third-order valence-electron chi connectivity index (χ3n) is 1.94. The summed E-state index contributed by atoms with van der Waals surface area (Å²) in [4.78, 5) is 21.8. The van der Waals surface area contributed by atoms with Crippen LogP contribution in [-0.2, 0) is 16.1 Å². The zero-order valence-corrected chi connectivity index (χ0v) is 9.83. The molecule has 1 aromatic rings. The third kappa shape index (κ3) is 4.93. The van der Waals surface area contributed by atoms with Crippen molar-refractivity contribution in [3.05, 3.63) is 18.0 Å². The number of amides is 1. The summed E-state index contributed by atoms with van der Waals surface area (Å²) in [6, 6.07) is 0. The lowest BCUT2D eigenvalue weighted by molar-refractivity contribution is -0.122. The van der Waals surface area contributed by atoms with E-state index in [2.05, 4.69) is 10.4 Å². The monoisotopic (exact) mass is 243 g/mol. The molecule has 0 bridgehead atoms. The van der Waals surface area contributed by atoms with Crippen molar-refractivity contribution >= 4 is 22.8 Å². The number of hydrogen-bond donors (Lipinski definition) is 1. The Morgan fingerprint density at radius 3 is 2.88 bits per heavy atom. The Kier molecular flexibility index (Phi) is 4.98. The number of nitrogens with zero attached hydrogens (tertiary/aromatic N) is 2. The number of aryl methyl sites for hydroxylation is 1. The average molecular weight is 244 g/mol. The molecule has 0 fully saturated rings. The van der Waals surface area contributed by atoms with E-state index in [4.69, 9.17) is 11.6 Å². The normalized spacial score (nSPS) is 10.1. The Bertz CT molecular complexity index is 376. The molecule has 0 unspecified atom stereocenters. The molecule has 1 N–H and O–H groups in total. The molecule has 0 saturated heterocycles. The van der Waals surface area contributed by atoms with Crippen molar-refractivity contribution in [2.24, 2.45) is 0 Å². The second-order valence-electron chi connectivity index (χ2n) is 3.52. The fraction of sp³-hybridized carbons (Fsp3) is 0.500. The van der Waals surface area contributed by atoms with E-state index in [0.29, 0.717) is 13.0 Å². The van der Waals surface area contributed by atoms with Crippen LogP contribution in [0.25, 0.3) is 0 Å². The predicted molar refractivity (Wildman–Crippen MR) is 60.1 cm³/mol. The highest BCUT2D eigenvalue weighted by molar-refractivity contribution is 6.63. The van der Waals surface area contributed by atoms with Crippen molar-refractivity contribution in [3.63, 3.8) is 0 Å². The molecule has 0 spiro atoms. The van der Waals surface area contributed by atoms with Crippen LogP contribution in [0.3, 0.4) is 0 Å². The summed E-state index contributed by atoms with van der Waals surface area (Å²) in [5, 5.41) is 6.30. The minimum absolute atomic E-state index is 0.120. The first-order valence-electron chi connectivity index (χ1n) is 5.02. The van der Waals surface area contributed by atoms with Crippen LogP contribution in [0.2, 0.25) is 0 Å². The van der Waals surface area contributed by atoms with Gasteiger partial charge in [-0.25, -0.2) is 0 Å². The largest absolute Gasteiger partial charge is 0.354 e. The van der Waals surface area contributed by atoms with E-state index in [1.54, 1.807) is 17.1 Å². The summed E-state index contributed by atoms with van der Waals surface area (Å²) in [5.41, 5.74) is 1.01. The van der Waals surface area contributed by atoms with Crippen LogP contribution in [0.5, 0.6) is 0 Å². The van der Waals surface area contributed by atoms with Gasteiger partial charge < -0.3 is 5.32 Å². The zero-order chi connectivity index (χ0) is 12.0. The summed E-state index contributed by atoms with van der Waals surface area (Å²) in [6.45, 7) is 2.56. The van der Waals surface area contributed by atoms with E-state index >= 15 is 0 Å². The number of aromatic nitrogens is 2. The Morgan fingerprint density at radius 1 is 1.56 bits per heavy atom. The Balaban J connectivity index is 2.18. The van der Waals surface area contributed by atoms with Gasteiger partial charge in [-0.3, -0.25) is 14.3 Å². The number of carbonyl (C=O) groups excluding carboxylic acids is 2. The summed E-state index contributed by atoms with van der Waals surface area (Å²) in [6.07, 6.45) is 4.33. The lowest BCUT2D eigenvalue weighted by Gasteiger charge is -2.03. The van der Waals surface area contributed by atoms with Crippen LogP contribution < -0.4 is 5.32 Å². The summed E-state index contributed by atoms with van der Waals surface area (Å²) in [7, 11) is 0. The van der Waals surface area contributed by atoms with Crippen LogP contribution in [0.1, 0.15) is 18.4 Å². The molecule has 88 valence electrons. The van der Waals surface area contributed by atoms with E-state index in [1.807, 2.05) is 6.92 Å². The third-order valence-corrected chi connectivity index (χ3v) is 2.13. The average Bonchev–Trinajstić information content (AvgIpc) is 2.58. The SMILES string of the molecule is Cc1cnn(CC(=O)NCCCC(=O)Cl)c1. The standard InChI is InChI=1S/C10H14ClN3O2/c1-8-5-13-14(6-8)7-10(16)12-4-2-3-9(11)15/h5-6H,2-4,7H2,1H3,(H,12,16). The molecular weight excluding hydrogens is 230 g/mol. The second kappa shape index (κ2) is 6.27. The number of carbonyl (C=O) groups is 2. The van der Waals surface area contributed by atoms with Crippen molar-refractivity contribution in [2.75, 3.05) is 6.54 Å². The molecule has 0 aliphatic heterocycles. The molecule has 0 saturated carbocycles. The van der Waals surface area contributed by atoms with Gasteiger partial charge in [0.25, 0.3) is 0 Å². The molecule has 0 aromatic carbocycles. The highest BCUT2D eigenvalue weighted by Crippen LogP contribution is 1.95. The molecule has 0 aliphatic carbocycles. The van der Waals surface area contributed by atoms with Gasteiger partial charge in [0.05, 0.1) is 6.20 Å². The van der Waals surface area contributed by atoms with Crippen LogP contribution in [0.4, 0.5) is 0 Å². The van der Waals surface area contributed by atoms with Crippen molar-refractivity contribution in [3.8, 4) is 0 Å². The molecule has 1 rings (SSSR count). The first-order valence-corrected chi connectivity index (χ1v) is 5.40. The van der Waals surface area contributed by atoms with Crippen molar-refractivity contribution < 1.29 is 9.59 Å². The van der Waals surface area contributed by atoms with Crippen molar-refractivity contribution in [1.82, 2.24) is 15.1 Å². The zero-order valence-electron chi connectivity index (χ0n) is 9.07. The minimum Gasteiger partial charge on any atom is -0.354 e. The topological polar surface area (TPSA) is 64.0 Å². The van der Waals surface area contributed by atoms with Crippen molar-refractivity contribution in [1.29, 1.82) is 0 Å². The molecule has 0 radical (unpaired) electrons. The van der Waals surface area contributed by atoms with Gasteiger partial charge in [-0.15, -0.1) is 0 Å². The fourth-order valence-corrected chi connectivity index (χ4v) is 1.35. The highest BCUT2D eigenvalue weighted by atomic mass is 35.5. The quantitative estimate of drug-likeness (QED) is 0.595. The van der Waals surface area contributed by atoms with Gasteiger partial charge >= 0.3 is 0 Å². The maximum Gasteiger partial charge on any atom is 0.241 e. The number of rotatable bonds is 6. The Morgan fingerprint density at radius 2 is 2.31 bits per heavy atom. The predicted octanol–water partition coefficient (Wildman–Crippen LogP) is 0.853. The molecule has 0 atom stereocenters. The first kappa shape index (κ1) is 12.7. The van der Waals surface area contributed by atoms with Crippen LogP contribution in [0, 0.1) is 6.92 Å². The Labute approximate surface area is 98.8 Å². The maximum absolute atomic E-state index is 11.4. The Hall–Kier alpha value is -1.36. The molecule has 1 aromatic heterocycles. The number of halogens is 1.